The Morgan fingerprint density at radius 3 is 2.43 bits per heavy atom. The van der Waals surface area contributed by atoms with E-state index in [4.69, 9.17) is 0 Å². The van der Waals surface area contributed by atoms with E-state index in [9.17, 15) is 9.00 Å². The zero-order valence-corrected chi connectivity index (χ0v) is 15.5. The van der Waals surface area contributed by atoms with Crippen molar-refractivity contribution in [1.29, 1.82) is 0 Å². The van der Waals surface area contributed by atoms with Gasteiger partial charge in [0.2, 0.25) is 0 Å². The quantitative estimate of drug-likeness (QED) is 0.777. The van der Waals surface area contributed by atoms with Crippen LogP contribution in [0, 0.1) is 0 Å². The molecular formula is C17H33N3O2S. The molecule has 0 aromatic heterocycles. The van der Waals surface area contributed by atoms with Crippen LogP contribution in [0.1, 0.15) is 58.8 Å². The predicted molar refractivity (Wildman–Crippen MR) is 96.1 cm³/mol. The molecule has 1 aliphatic carbocycles. The molecule has 1 aliphatic heterocycles. The van der Waals surface area contributed by atoms with Crippen LogP contribution in [-0.2, 0) is 10.8 Å². The van der Waals surface area contributed by atoms with Crippen LogP contribution < -0.4 is 10.6 Å². The van der Waals surface area contributed by atoms with Crippen molar-refractivity contribution in [3.05, 3.63) is 0 Å². The Hall–Kier alpha value is -0.620. The number of hydrogen-bond donors (Lipinski definition) is 2. The number of nitrogens with one attached hydrogen (secondary N) is 2. The van der Waals surface area contributed by atoms with Crippen LogP contribution >= 0.6 is 0 Å². The molecule has 2 N–H and O–H groups in total. The fourth-order valence-electron chi connectivity index (χ4n) is 3.78. The molecule has 0 aromatic carbocycles. The van der Waals surface area contributed by atoms with E-state index in [0.29, 0.717) is 6.04 Å². The summed E-state index contributed by atoms with van der Waals surface area (Å²) >= 11 is 0. The van der Waals surface area contributed by atoms with Gasteiger partial charge in [0.15, 0.2) is 0 Å². The van der Waals surface area contributed by atoms with Crippen molar-refractivity contribution in [2.75, 3.05) is 25.4 Å². The number of piperidine rings is 1. The lowest BCUT2D eigenvalue weighted by molar-refractivity contribution is 0.190. The summed E-state index contributed by atoms with van der Waals surface area (Å²) in [5.41, 5.74) is 0. The lowest BCUT2D eigenvalue weighted by atomic mass is 9.95. The minimum atomic E-state index is -0.739. The van der Waals surface area contributed by atoms with Gasteiger partial charge in [0.1, 0.15) is 0 Å². The topological polar surface area (TPSA) is 61.4 Å². The molecule has 3 atom stereocenters. The van der Waals surface area contributed by atoms with Gasteiger partial charge in [-0.3, -0.25) is 4.21 Å². The molecule has 134 valence electrons. The second kappa shape index (κ2) is 9.62. The fraction of sp³-hybridized carbons (Fsp3) is 0.941. The highest BCUT2D eigenvalue weighted by molar-refractivity contribution is 7.85. The molecular weight excluding hydrogens is 310 g/mol. The van der Waals surface area contributed by atoms with Crippen LogP contribution in [-0.4, -0.2) is 57.9 Å². The first-order valence-electron chi connectivity index (χ1n) is 9.28. The van der Waals surface area contributed by atoms with Crippen molar-refractivity contribution in [3.63, 3.8) is 0 Å². The maximum absolute atomic E-state index is 12.2. The maximum atomic E-state index is 12.2. The zero-order valence-electron chi connectivity index (χ0n) is 14.7. The number of carbonyl (C=O) groups is 1. The summed E-state index contributed by atoms with van der Waals surface area (Å²) in [6, 6.07) is 0.448. The van der Waals surface area contributed by atoms with E-state index >= 15 is 0 Å². The highest BCUT2D eigenvalue weighted by Gasteiger charge is 2.27. The van der Waals surface area contributed by atoms with Crippen molar-refractivity contribution >= 4 is 16.8 Å². The van der Waals surface area contributed by atoms with E-state index in [2.05, 4.69) is 22.5 Å². The van der Waals surface area contributed by atoms with Crippen LogP contribution in [0.25, 0.3) is 0 Å². The molecule has 23 heavy (non-hydrogen) atoms. The molecule has 1 heterocycles. The first-order chi connectivity index (χ1) is 11.1. The highest BCUT2D eigenvalue weighted by Crippen LogP contribution is 2.23. The van der Waals surface area contributed by atoms with Crippen molar-refractivity contribution in [2.24, 2.45) is 0 Å². The summed E-state index contributed by atoms with van der Waals surface area (Å²) < 4.78 is 12.0. The standard InChI is InChI=1S/C17H33N3O2S/c1-3-10-20-11-8-14(9-12-20)18-17(21)19-15-6-5-7-16(13-15)23(22)4-2/h14-16H,3-13H2,1-2H3,(H2,18,19,21)/t15-,16+,23+/m1/s1. The number of amides is 2. The number of rotatable bonds is 6. The minimum Gasteiger partial charge on any atom is -0.335 e. The maximum Gasteiger partial charge on any atom is 0.315 e. The zero-order chi connectivity index (χ0) is 16.7. The van der Waals surface area contributed by atoms with E-state index in [0.717, 1.165) is 63.9 Å². The van der Waals surface area contributed by atoms with Gasteiger partial charge in [-0.15, -0.1) is 0 Å². The molecule has 2 aliphatic rings. The van der Waals surface area contributed by atoms with Gasteiger partial charge in [0, 0.05) is 47.0 Å². The predicted octanol–water partition coefficient (Wildman–Crippen LogP) is 2.24. The van der Waals surface area contributed by atoms with Crippen molar-refractivity contribution in [1.82, 2.24) is 15.5 Å². The van der Waals surface area contributed by atoms with Gasteiger partial charge in [-0.25, -0.2) is 4.79 Å². The second-order valence-corrected chi connectivity index (χ2v) is 8.89. The lowest BCUT2D eigenvalue weighted by Gasteiger charge is -2.33. The SMILES string of the molecule is CCCN1CCC(NC(=O)N[C@@H]2CCC[C@H]([S@@](=O)CC)C2)CC1. The number of hydrogen-bond acceptors (Lipinski definition) is 3. The molecule has 0 radical (unpaired) electrons. The summed E-state index contributed by atoms with van der Waals surface area (Å²) in [5.74, 6) is 0.722. The van der Waals surface area contributed by atoms with Crippen LogP contribution in [0.5, 0.6) is 0 Å². The molecule has 1 saturated carbocycles. The molecule has 0 spiro atoms. The molecule has 6 heteroatoms. The third-order valence-corrected chi connectivity index (χ3v) is 6.82. The normalized spacial score (nSPS) is 28.3. The summed E-state index contributed by atoms with van der Waals surface area (Å²) in [6.07, 6.45) is 7.26. The van der Waals surface area contributed by atoms with Gasteiger partial charge in [-0.05, 0) is 45.1 Å². The smallest absolute Gasteiger partial charge is 0.315 e. The number of urea groups is 1. The summed E-state index contributed by atoms with van der Waals surface area (Å²) in [6.45, 7) is 7.52. The van der Waals surface area contributed by atoms with Crippen LogP contribution in [0.3, 0.4) is 0 Å². The minimum absolute atomic E-state index is 0.0353. The lowest BCUT2D eigenvalue weighted by Crippen LogP contribution is -2.51. The summed E-state index contributed by atoms with van der Waals surface area (Å²) in [7, 11) is -0.739. The number of likely N-dealkylation sites (tertiary alicyclic amines) is 1. The molecule has 0 aromatic rings. The van der Waals surface area contributed by atoms with Crippen LogP contribution in [0.4, 0.5) is 4.79 Å². The van der Waals surface area contributed by atoms with Crippen molar-refractivity contribution in [2.45, 2.75) is 76.1 Å². The third-order valence-electron chi connectivity index (χ3n) is 5.08. The van der Waals surface area contributed by atoms with Gasteiger partial charge >= 0.3 is 6.03 Å². The molecule has 2 rings (SSSR count). The van der Waals surface area contributed by atoms with Gasteiger partial charge in [0.05, 0.1) is 0 Å². The molecule has 0 unspecified atom stereocenters. The largest absolute Gasteiger partial charge is 0.335 e. The Morgan fingerprint density at radius 1 is 1.09 bits per heavy atom. The molecule has 2 amide bonds. The summed E-state index contributed by atoms with van der Waals surface area (Å²) in [4.78, 5) is 14.7. The number of nitrogens with zero attached hydrogens (tertiary/aromatic N) is 1. The molecule has 2 fully saturated rings. The average molecular weight is 344 g/mol. The molecule has 0 bridgehead atoms. The van der Waals surface area contributed by atoms with Crippen LogP contribution in [0.2, 0.25) is 0 Å². The Kier molecular flexibility index (Phi) is 7.83. The second-order valence-electron chi connectivity index (χ2n) is 6.89. The van der Waals surface area contributed by atoms with Gasteiger partial charge < -0.3 is 15.5 Å². The van der Waals surface area contributed by atoms with Crippen molar-refractivity contribution < 1.29 is 9.00 Å². The highest BCUT2D eigenvalue weighted by atomic mass is 32.2. The van der Waals surface area contributed by atoms with Gasteiger partial charge in [-0.1, -0.05) is 20.3 Å². The monoisotopic (exact) mass is 343 g/mol. The van der Waals surface area contributed by atoms with Crippen LogP contribution in [0.15, 0.2) is 0 Å². The number of carbonyl (C=O) groups excluding carboxylic acids is 1. The molecule has 1 saturated heterocycles. The Balaban J connectivity index is 1.69. The first kappa shape index (κ1) is 18.7. The Morgan fingerprint density at radius 2 is 1.78 bits per heavy atom. The van der Waals surface area contributed by atoms with E-state index in [1.54, 1.807) is 0 Å². The Labute approximate surface area is 143 Å². The van der Waals surface area contributed by atoms with E-state index in [1.165, 1.54) is 6.42 Å². The van der Waals surface area contributed by atoms with E-state index < -0.39 is 10.8 Å². The Bertz CT molecular complexity index is 397. The summed E-state index contributed by atoms with van der Waals surface area (Å²) in [5, 5.41) is 6.51. The fourth-order valence-corrected chi connectivity index (χ4v) is 5.13. The molecule has 5 nitrogen and oxygen atoms in total. The van der Waals surface area contributed by atoms with Gasteiger partial charge in [-0.2, -0.15) is 0 Å². The average Bonchev–Trinajstić information content (AvgIpc) is 2.56. The first-order valence-corrected chi connectivity index (χ1v) is 10.7. The van der Waals surface area contributed by atoms with E-state index in [1.807, 2.05) is 6.92 Å². The van der Waals surface area contributed by atoms with Crippen molar-refractivity contribution in [3.8, 4) is 0 Å². The van der Waals surface area contributed by atoms with Gasteiger partial charge in [0.25, 0.3) is 0 Å². The van der Waals surface area contributed by atoms with E-state index in [-0.39, 0.29) is 17.3 Å². The third kappa shape index (κ3) is 6.07.